The summed E-state index contributed by atoms with van der Waals surface area (Å²) < 4.78 is 65.8. The first kappa shape index (κ1) is 13.9. The molecule has 1 aromatic carbocycles. The van der Waals surface area contributed by atoms with Crippen LogP contribution in [0.3, 0.4) is 0 Å². The molecule has 1 aromatic rings. The molecule has 3 rings (SSSR count). The molecule has 0 radical (unpaired) electrons. The van der Waals surface area contributed by atoms with Gasteiger partial charge < -0.3 is 0 Å². The Bertz CT molecular complexity index is 637. The van der Waals surface area contributed by atoms with Crippen molar-refractivity contribution in [2.75, 3.05) is 13.1 Å². The van der Waals surface area contributed by atoms with Crippen molar-refractivity contribution in [1.29, 1.82) is 0 Å². The van der Waals surface area contributed by atoms with Crippen LogP contribution in [-0.2, 0) is 10.0 Å². The van der Waals surface area contributed by atoms with Crippen LogP contribution in [0.1, 0.15) is 19.3 Å². The van der Waals surface area contributed by atoms with E-state index in [0.29, 0.717) is 0 Å². The molecule has 0 atom stereocenters. The van der Waals surface area contributed by atoms with Crippen molar-refractivity contribution in [3.8, 4) is 0 Å². The van der Waals surface area contributed by atoms with Crippen molar-refractivity contribution in [3.05, 3.63) is 30.1 Å². The van der Waals surface area contributed by atoms with Crippen molar-refractivity contribution in [2.45, 2.75) is 30.1 Å². The van der Waals surface area contributed by atoms with Gasteiger partial charge in [-0.2, -0.15) is 4.31 Å². The number of sulfonamides is 1. The van der Waals surface area contributed by atoms with Crippen LogP contribution >= 0.6 is 0 Å². The van der Waals surface area contributed by atoms with E-state index in [0.717, 1.165) is 10.4 Å². The summed E-state index contributed by atoms with van der Waals surface area (Å²) in [5, 5.41) is 0. The van der Waals surface area contributed by atoms with E-state index >= 15 is 0 Å². The molecule has 1 aliphatic heterocycles. The van der Waals surface area contributed by atoms with Crippen LogP contribution in [0.5, 0.6) is 0 Å². The second-order valence-electron chi connectivity index (χ2n) is 5.50. The van der Waals surface area contributed by atoms with Crippen molar-refractivity contribution in [1.82, 2.24) is 4.31 Å². The Morgan fingerprint density at radius 3 is 2.15 bits per heavy atom. The van der Waals surface area contributed by atoms with Crippen molar-refractivity contribution < 1.29 is 21.6 Å². The monoisotopic (exact) mass is 305 g/mol. The molecule has 1 saturated heterocycles. The number of hydrogen-bond donors (Lipinski definition) is 0. The van der Waals surface area contributed by atoms with Crippen molar-refractivity contribution in [2.24, 2.45) is 5.41 Å². The Kier molecular flexibility index (Phi) is 2.92. The average Bonchev–Trinajstić information content (AvgIpc) is 2.90. The lowest BCUT2D eigenvalue weighted by Gasteiger charge is -2.31. The molecule has 1 aliphatic carbocycles. The number of rotatable bonds is 2. The summed E-state index contributed by atoms with van der Waals surface area (Å²) in [4.78, 5) is -0.390. The number of halogens is 3. The van der Waals surface area contributed by atoms with Crippen LogP contribution in [0.15, 0.2) is 29.2 Å². The van der Waals surface area contributed by atoms with Crippen LogP contribution in [0.4, 0.5) is 13.2 Å². The summed E-state index contributed by atoms with van der Waals surface area (Å²) in [5.41, 5.74) is -1.02. The summed E-state index contributed by atoms with van der Waals surface area (Å²) in [6.07, 6.45) is 0.106. The Balaban J connectivity index is 1.80. The summed E-state index contributed by atoms with van der Waals surface area (Å²) >= 11 is 0. The zero-order valence-electron chi connectivity index (χ0n) is 10.7. The van der Waals surface area contributed by atoms with E-state index in [4.69, 9.17) is 0 Å². The first-order valence-electron chi connectivity index (χ1n) is 6.41. The third kappa shape index (κ3) is 1.95. The first-order valence-corrected chi connectivity index (χ1v) is 7.85. The SMILES string of the molecule is O=S(=O)(c1ccccc1F)N1CCC2(CC1)CC2(F)F. The molecule has 0 bridgehead atoms. The highest BCUT2D eigenvalue weighted by molar-refractivity contribution is 7.89. The molecule has 7 heteroatoms. The lowest BCUT2D eigenvalue weighted by molar-refractivity contribution is 0.0425. The van der Waals surface area contributed by atoms with Crippen LogP contribution in [0.2, 0.25) is 0 Å². The maximum Gasteiger partial charge on any atom is 0.254 e. The van der Waals surface area contributed by atoms with Gasteiger partial charge in [0.15, 0.2) is 0 Å². The standard InChI is InChI=1S/C13H14F3NO2S/c14-10-3-1-2-4-11(10)20(18,19)17-7-5-12(6-8-17)9-13(12,15)16/h1-4H,5-9H2. The fourth-order valence-corrected chi connectivity index (χ4v) is 4.38. The number of piperidine rings is 1. The van der Waals surface area contributed by atoms with Crippen LogP contribution in [0.25, 0.3) is 0 Å². The van der Waals surface area contributed by atoms with Crippen LogP contribution < -0.4 is 0 Å². The van der Waals surface area contributed by atoms with Crippen LogP contribution in [-0.4, -0.2) is 31.7 Å². The molecule has 1 spiro atoms. The van der Waals surface area contributed by atoms with E-state index in [9.17, 15) is 21.6 Å². The second kappa shape index (κ2) is 4.21. The van der Waals surface area contributed by atoms with Gasteiger partial charge in [0.05, 0.1) is 0 Å². The smallest absolute Gasteiger partial charge is 0.207 e. The fraction of sp³-hybridized carbons (Fsp3) is 0.538. The van der Waals surface area contributed by atoms with E-state index in [2.05, 4.69) is 0 Å². The summed E-state index contributed by atoms with van der Waals surface area (Å²) in [6, 6.07) is 5.12. The molecule has 0 N–H and O–H groups in total. The number of alkyl halides is 2. The third-order valence-electron chi connectivity index (χ3n) is 4.35. The zero-order chi connectivity index (χ0) is 14.6. The molecule has 0 unspecified atom stereocenters. The van der Waals surface area contributed by atoms with Gasteiger partial charge in [-0.3, -0.25) is 0 Å². The van der Waals surface area contributed by atoms with E-state index in [1.54, 1.807) is 0 Å². The molecule has 2 fully saturated rings. The lowest BCUT2D eigenvalue weighted by atomic mass is 9.94. The van der Waals surface area contributed by atoms with Gasteiger partial charge in [-0.1, -0.05) is 12.1 Å². The molecular weight excluding hydrogens is 291 g/mol. The van der Waals surface area contributed by atoms with E-state index in [1.807, 2.05) is 0 Å². The van der Waals surface area contributed by atoms with Gasteiger partial charge in [0.1, 0.15) is 10.7 Å². The zero-order valence-corrected chi connectivity index (χ0v) is 11.5. The van der Waals surface area contributed by atoms with Crippen LogP contribution in [0, 0.1) is 11.2 Å². The molecule has 0 amide bonds. The maximum absolute atomic E-state index is 13.6. The molecule has 1 heterocycles. The largest absolute Gasteiger partial charge is 0.254 e. The highest BCUT2D eigenvalue weighted by atomic mass is 32.2. The van der Waals surface area contributed by atoms with Gasteiger partial charge >= 0.3 is 0 Å². The lowest BCUT2D eigenvalue weighted by Crippen LogP contribution is -2.40. The van der Waals surface area contributed by atoms with E-state index in [-0.39, 0.29) is 32.4 Å². The molecule has 3 nitrogen and oxygen atoms in total. The molecular formula is C13H14F3NO2S. The highest BCUT2D eigenvalue weighted by Gasteiger charge is 2.70. The molecule has 0 aromatic heterocycles. The Hall–Kier alpha value is -1.08. The number of benzene rings is 1. The molecule has 1 saturated carbocycles. The van der Waals surface area contributed by atoms with Gasteiger partial charge in [0, 0.05) is 24.9 Å². The quantitative estimate of drug-likeness (QED) is 0.842. The predicted molar refractivity (Wildman–Crippen MR) is 66.4 cm³/mol. The van der Waals surface area contributed by atoms with Crippen molar-refractivity contribution >= 4 is 10.0 Å². The minimum absolute atomic E-state index is 0.0201. The number of nitrogens with zero attached hydrogens (tertiary/aromatic N) is 1. The van der Waals surface area contributed by atoms with Gasteiger partial charge in [-0.25, -0.2) is 21.6 Å². The molecule has 2 aliphatic rings. The van der Waals surface area contributed by atoms with Gasteiger partial charge in [0.25, 0.3) is 5.92 Å². The van der Waals surface area contributed by atoms with Crippen molar-refractivity contribution in [3.63, 3.8) is 0 Å². The Morgan fingerprint density at radius 1 is 1.10 bits per heavy atom. The summed E-state index contributed by atoms with van der Waals surface area (Å²) in [7, 11) is -3.94. The normalized spacial score (nSPS) is 24.8. The highest BCUT2D eigenvalue weighted by Crippen LogP contribution is 2.66. The van der Waals surface area contributed by atoms with Gasteiger partial charge in [-0.15, -0.1) is 0 Å². The second-order valence-corrected chi connectivity index (χ2v) is 7.40. The van der Waals surface area contributed by atoms with E-state index < -0.39 is 32.1 Å². The molecule has 110 valence electrons. The summed E-state index contributed by atoms with van der Waals surface area (Å²) in [5.74, 6) is -3.48. The van der Waals surface area contributed by atoms with E-state index in [1.165, 1.54) is 18.2 Å². The van der Waals surface area contributed by atoms with Gasteiger partial charge in [-0.05, 0) is 25.0 Å². The molecule has 20 heavy (non-hydrogen) atoms. The Labute approximate surface area is 115 Å². The minimum Gasteiger partial charge on any atom is -0.207 e. The van der Waals surface area contributed by atoms with Gasteiger partial charge in [0.2, 0.25) is 10.0 Å². The Morgan fingerprint density at radius 2 is 1.65 bits per heavy atom. The average molecular weight is 305 g/mol. The first-order chi connectivity index (χ1) is 9.29. The summed E-state index contributed by atoms with van der Waals surface area (Å²) in [6.45, 7) is 0.0402. The predicted octanol–water partition coefficient (Wildman–Crippen LogP) is 2.64. The number of hydrogen-bond acceptors (Lipinski definition) is 2. The minimum atomic E-state index is -3.94. The maximum atomic E-state index is 13.6. The topological polar surface area (TPSA) is 37.4 Å². The fourth-order valence-electron chi connectivity index (χ4n) is 2.87. The third-order valence-corrected chi connectivity index (χ3v) is 6.28.